The van der Waals surface area contributed by atoms with Crippen molar-refractivity contribution in [2.75, 3.05) is 19.1 Å². The number of thioether (sulfide) groups is 1. The van der Waals surface area contributed by atoms with Crippen molar-refractivity contribution >= 4 is 40.6 Å². The van der Waals surface area contributed by atoms with Gasteiger partial charge in [0.05, 0.1) is 4.92 Å². The number of likely N-dealkylation sites (N-methyl/N-ethyl adjacent to an activating group) is 1. The Morgan fingerprint density at radius 2 is 2.15 bits per heavy atom. The SMILES string of the molecule is CSCCC(NC(=O)c1cccc([N+](=O)[O-])c1)C(=O)N(C)Cc1ccsc1. The van der Waals surface area contributed by atoms with Crippen molar-refractivity contribution in [1.29, 1.82) is 0 Å². The zero-order chi connectivity index (χ0) is 19.8. The van der Waals surface area contributed by atoms with Gasteiger partial charge in [-0.2, -0.15) is 23.1 Å². The number of carbonyl (C=O) groups excluding carboxylic acids is 2. The number of hydrogen-bond donors (Lipinski definition) is 1. The lowest BCUT2D eigenvalue weighted by Crippen LogP contribution is -2.47. The Morgan fingerprint density at radius 1 is 1.37 bits per heavy atom. The summed E-state index contributed by atoms with van der Waals surface area (Å²) < 4.78 is 0. The van der Waals surface area contributed by atoms with E-state index in [0.717, 1.165) is 5.56 Å². The van der Waals surface area contributed by atoms with Gasteiger partial charge in [-0.05, 0) is 46.9 Å². The molecule has 0 radical (unpaired) electrons. The largest absolute Gasteiger partial charge is 0.340 e. The van der Waals surface area contributed by atoms with Crippen LogP contribution < -0.4 is 5.32 Å². The van der Waals surface area contributed by atoms with Crippen molar-refractivity contribution < 1.29 is 14.5 Å². The molecule has 27 heavy (non-hydrogen) atoms. The summed E-state index contributed by atoms with van der Waals surface area (Å²) in [5.74, 6) is 0.0221. The van der Waals surface area contributed by atoms with E-state index < -0.39 is 16.9 Å². The summed E-state index contributed by atoms with van der Waals surface area (Å²) in [6.45, 7) is 0.463. The third-order valence-electron chi connectivity index (χ3n) is 3.91. The van der Waals surface area contributed by atoms with E-state index in [4.69, 9.17) is 0 Å². The molecule has 0 saturated heterocycles. The zero-order valence-corrected chi connectivity index (χ0v) is 16.7. The van der Waals surface area contributed by atoms with Crippen LogP contribution in [0.2, 0.25) is 0 Å². The van der Waals surface area contributed by atoms with E-state index in [2.05, 4.69) is 5.32 Å². The minimum absolute atomic E-state index is 0.159. The van der Waals surface area contributed by atoms with Gasteiger partial charge in [-0.15, -0.1) is 0 Å². The maximum atomic E-state index is 12.8. The molecule has 1 aromatic heterocycles. The van der Waals surface area contributed by atoms with Gasteiger partial charge >= 0.3 is 0 Å². The normalized spacial score (nSPS) is 11.6. The third kappa shape index (κ3) is 6.07. The van der Waals surface area contributed by atoms with Crippen LogP contribution in [0.25, 0.3) is 0 Å². The lowest BCUT2D eigenvalue weighted by atomic mass is 10.1. The van der Waals surface area contributed by atoms with Gasteiger partial charge in [0.2, 0.25) is 5.91 Å². The quantitative estimate of drug-likeness (QED) is 0.509. The molecule has 2 amide bonds. The van der Waals surface area contributed by atoms with Crippen LogP contribution in [0.3, 0.4) is 0 Å². The summed E-state index contributed by atoms with van der Waals surface area (Å²) in [6.07, 6.45) is 2.41. The summed E-state index contributed by atoms with van der Waals surface area (Å²) in [4.78, 5) is 37.3. The smallest absolute Gasteiger partial charge is 0.270 e. The molecule has 7 nitrogen and oxygen atoms in total. The van der Waals surface area contributed by atoms with Gasteiger partial charge < -0.3 is 10.2 Å². The van der Waals surface area contributed by atoms with Crippen LogP contribution >= 0.6 is 23.1 Å². The van der Waals surface area contributed by atoms with Crippen LogP contribution in [0, 0.1) is 10.1 Å². The number of carbonyl (C=O) groups is 2. The highest BCUT2D eigenvalue weighted by molar-refractivity contribution is 7.98. The second kappa shape index (κ2) is 10.1. The van der Waals surface area contributed by atoms with Gasteiger partial charge in [-0.25, -0.2) is 0 Å². The number of nitro benzene ring substituents is 1. The number of nitro groups is 1. The average Bonchev–Trinajstić information content (AvgIpc) is 3.17. The predicted octanol–water partition coefficient (Wildman–Crippen LogP) is 3.17. The van der Waals surface area contributed by atoms with Gasteiger partial charge in [-0.3, -0.25) is 19.7 Å². The molecule has 1 atom stereocenters. The fourth-order valence-electron chi connectivity index (χ4n) is 2.50. The number of amides is 2. The van der Waals surface area contributed by atoms with Gasteiger partial charge in [0, 0.05) is 31.3 Å². The highest BCUT2D eigenvalue weighted by Crippen LogP contribution is 2.15. The first kappa shape index (κ1) is 20.9. The average molecular weight is 408 g/mol. The van der Waals surface area contributed by atoms with Crippen LogP contribution in [0.15, 0.2) is 41.1 Å². The molecule has 1 unspecified atom stereocenters. The number of rotatable bonds is 9. The number of nitrogens with one attached hydrogen (secondary N) is 1. The molecule has 144 valence electrons. The first-order valence-electron chi connectivity index (χ1n) is 8.22. The number of hydrogen-bond acceptors (Lipinski definition) is 6. The zero-order valence-electron chi connectivity index (χ0n) is 15.1. The number of thiophene rings is 1. The number of benzene rings is 1. The van der Waals surface area contributed by atoms with Crippen LogP contribution in [-0.4, -0.2) is 46.7 Å². The highest BCUT2D eigenvalue weighted by Gasteiger charge is 2.25. The Morgan fingerprint density at radius 3 is 2.78 bits per heavy atom. The molecule has 1 aromatic carbocycles. The number of non-ortho nitro benzene ring substituents is 1. The lowest BCUT2D eigenvalue weighted by Gasteiger charge is -2.24. The van der Waals surface area contributed by atoms with E-state index >= 15 is 0 Å². The van der Waals surface area contributed by atoms with Crippen molar-refractivity contribution in [3.8, 4) is 0 Å². The van der Waals surface area contributed by atoms with Crippen LogP contribution in [0.4, 0.5) is 5.69 Å². The van der Waals surface area contributed by atoms with Crippen molar-refractivity contribution in [1.82, 2.24) is 10.2 Å². The molecule has 0 aliphatic rings. The Hall–Kier alpha value is -2.39. The van der Waals surface area contributed by atoms with E-state index in [-0.39, 0.29) is 17.2 Å². The van der Waals surface area contributed by atoms with Gasteiger partial charge in [0.15, 0.2) is 0 Å². The molecule has 2 aromatic rings. The Kier molecular flexibility index (Phi) is 7.81. The standard InChI is InChI=1S/C18H21N3O4S2/c1-20(11-13-6-9-27-12-13)18(23)16(7-8-26-2)19-17(22)14-4-3-5-15(10-14)21(24)25/h3-6,9-10,12,16H,7-8,11H2,1-2H3,(H,19,22). The van der Waals surface area contributed by atoms with Gasteiger partial charge in [0.25, 0.3) is 11.6 Å². The topological polar surface area (TPSA) is 92.5 Å². The second-order valence-corrected chi connectivity index (χ2v) is 7.71. The third-order valence-corrected chi connectivity index (χ3v) is 5.29. The summed E-state index contributed by atoms with van der Waals surface area (Å²) in [5.41, 5.74) is 1.03. The fourth-order valence-corrected chi connectivity index (χ4v) is 3.63. The van der Waals surface area contributed by atoms with Crippen molar-refractivity contribution in [3.63, 3.8) is 0 Å². The lowest BCUT2D eigenvalue weighted by molar-refractivity contribution is -0.384. The van der Waals surface area contributed by atoms with Crippen molar-refractivity contribution in [2.24, 2.45) is 0 Å². The van der Waals surface area contributed by atoms with Crippen LogP contribution in [0.1, 0.15) is 22.3 Å². The Labute approximate surface area is 165 Å². The van der Waals surface area contributed by atoms with Crippen LogP contribution in [-0.2, 0) is 11.3 Å². The van der Waals surface area contributed by atoms with E-state index in [9.17, 15) is 19.7 Å². The number of nitrogens with zero attached hydrogens (tertiary/aromatic N) is 2. The Balaban J connectivity index is 2.10. The molecule has 1 N–H and O–H groups in total. The monoisotopic (exact) mass is 407 g/mol. The van der Waals surface area contributed by atoms with E-state index in [1.165, 1.54) is 24.3 Å². The summed E-state index contributed by atoms with van der Waals surface area (Å²) >= 11 is 3.15. The van der Waals surface area contributed by atoms with Crippen molar-refractivity contribution in [3.05, 3.63) is 62.3 Å². The molecule has 0 fully saturated rings. The molecular weight excluding hydrogens is 386 g/mol. The first-order chi connectivity index (χ1) is 12.9. The van der Waals surface area contributed by atoms with E-state index in [1.54, 1.807) is 35.0 Å². The summed E-state index contributed by atoms with van der Waals surface area (Å²) in [6, 6.07) is 6.74. The van der Waals surface area contributed by atoms with Crippen LogP contribution in [0.5, 0.6) is 0 Å². The molecule has 0 spiro atoms. The molecular formula is C18H21N3O4S2. The molecule has 2 rings (SSSR count). The predicted molar refractivity (Wildman–Crippen MR) is 108 cm³/mol. The summed E-state index contributed by atoms with van der Waals surface area (Å²) in [7, 11) is 1.70. The van der Waals surface area contributed by atoms with E-state index in [1.807, 2.05) is 23.1 Å². The molecule has 9 heteroatoms. The highest BCUT2D eigenvalue weighted by atomic mass is 32.2. The molecule has 0 aliphatic heterocycles. The van der Waals surface area contributed by atoms with Gasteiger partial charge in [0.1, 0.15) is 6.04 Å². The molecule has 1 heterocycles. The minimum Gasteiger partial charge on any atom is -0.340 e. The van der Waals surface area contributed by atoms with Crippen molar-refractivity contribution in [2.45, 2.75) is 19.0 Å². The summed E-state index contributed by atoms with van der Waals surface area (Å²) in [5, 5.41) is 17.6. The molecule has 0 aliphatic carbocycles. The van der Waals surface area contributed by atoms with Gasteiger partial charge in [-0.1, -0.05) is 6.07 Å². The van der Waals surface area contributed by atoms with E-state index in [0.29, 0.717) is 18.7 Å². The maximum absolute atomic E-state index is 12.8. The maximum Gasteiger partial charge on any atom is 0.270 e. The first-order valence-corrected chi connectivity index (χ1v) is 10.6. The second-order valence-electron chi connectivity index (χ2n) is 5.94. The Bertz CT molecular complexity index is 796. The molecule has 0 bridgehead atoms. The fraction of sp³-hybridized carbons (Fsp3) is 0.333. The molecule has 0 saturated carbocycles. The minimum atomic E-state index is -0.687.